The van der Waals surface area contributed by atoms with E-state index in [0.717, 1.165) is 27.7 Å². The minimum atomic E-state index is -0.190. The number of anilines is 2. The lowest BCUT2D eigenvalue weighted by Crippen LogP contribution is -2.32. The Bertz CT molecular complexity index is 1160. The van der Waals surface area contributed by atoms with Crippen molar-refractivity contribution in [2.45, 2.75) is 6.54 Å². The van der Waals surface area contributed by atoms with Crippen molar-refractivity contribution in [3.8, 4) is 11.3 Å². The van der Waals surface area contributed by atoms with Crippen molar-refractivity contribution < 1.29 is 0 Å². The first-order valence-electron chi connectivity index (χ1n) is 9.27. The van der Waals surface area contributed by atoms with Crippen molar-refractivity contribution in [2.24, 2.45) is 5.84 Å². The van der Waals surface area contributed by atoms with E-state index < -0.39 is 0 Å². The van der Waals surface area contributed by atoms with Gasteiger partial charge >= 0.3 is 0 Å². The lowest BCUT2D eigenvalue weighted by molar-refractivity contribution is 0.831. The van der Waals surface area contributed by atoms with Crippen LogP contribution in [0.15, 0.2) is 67.0 Å². The monoisotopic (exact) mass is 402 g/mol. The average Bonchev–Trinajstić information content (AvgIpc) is 2.74. The molecule has 0 saturated heterocycles. The Morgan fingerprint density at radius 3 is 2.69 bits per heavy atom. The standard InChI is InChI=1S/C22H23N6P/c1-29(2)18-7-3-5-17(12-18)20-13-26-21(23)22(27-20)28(24)14-15-8-9-19-16(11-15)6-4-10-25-19/h3-13H,14,24H2,1-2H3,(H2,23,26). The van der Waals surface area contributed by atoms with Crippen LogP contribution in [-0.2, 0) is 6.54 Å². The number of nitrogens with two attached hydrogens (primary N) is 2. The molecule has 146 valence electrons. The molecule has 4 rings (SSSR count). The van der Waals surface area contributed by atoms with Gasteiger partial charge in [0, 0.05) is 17.1 Å². The molecule has 7 heteroatoms. The Balaban J connectivity index is 1.63. The second-order valence-corrected chi connectivity index (χ2v) is 9.37. The fourth-order valence-electron chi connectivity index (χ4n) is 3.18. The van der Waals surface area contributed by atoms with Gasteiger partial charge in [0.25, 0.3) is 0 Å². The Labute approximate surface area is 171 Å². The topological polar surface area (TPSA) is 94.0 Å². The highest BCUT2D eigenvalue weighted by Crippen LogP contribution is 2.28. The first-order valence-corrected chi connectivity index (χ1v) is 11.5. The molecule has 0 atom stereocenters. The number of nitrogens with zero attached hydrogens (tertiary/aromatic N) is 4. The first-order chi connectivity index (χ1) is 14.0. The molecule has 4 N–H and O–H groups in total. The lowest BCUT2D eigenvalue weighted by atomic mass is 10.1. The average molecular weight is 402 g/mol. The van der Waals surface area contributed by atoms with E-state index >= 15 is 0 Å². The van der Waals surface area contributed by atoms with Crippen LogP contribution >= 0.6 is 7.92 Å². The largest absolute Gasteiger partial charge is 0.381 e. The number of pyridine rings is 1. The van der Waals surface area contributed by atoms with Gasteiger partial charge in [0.05, 0.1) is 24.0 Å². The van der Waals surface area contributed by atoms with Gasteiger partial charge in [-0.05, 0) is 48.5 Å². The van der Waals surface area contributed by atoms with Gasteiger partial charge in [-0.15, -0.1) is 0 Å². The van der Waals surface area contributed by atoms with E-state index in [1.54, 1.807) is 17.4 Å². The predicted octanol–water partition coefficient (Wildman–Crippen LogP) is 3.52. The zero-order valence-electron chi connectivity index (χ0n) is 16.4. The maximum absolute atomic E-state index is 6.34. The van der Waals surface area contributed by atoms with Crippen LogP contribution < -0.4 is 21.9 Å². The molecule has 0 aliphatic carbocycles. The summed E-state index contributed by atoms with van der Waals surface area (Å²) in [6.07, 6.45) is 3.48. The molecule has 2 heterocycles. The van der Waals surface area contributed by atoms with Crippen LogP contribution in [0.4, 0.5) is 11.6 Å². The normalized spacial score (nSPS) is 11.2. The molecule has 0 aliphatic rings. The zero-order valence-corrected chi connectivity index (χ0v) is 17.3. The number of aromatic nitrogens is 3. The molecule has 6 nitrogen and oxygen atoms in total. The number of fused-ring (bicyclic) bond motifs is 1. The van der Waals surface area contributed by atoms with Crippen LogP contribution in [0.3, 0.4) is 0 Å². The summed E-state index contributed by atoms with van der Waals surface area (Å²) in [6.45, 7) is 4.92. The third kappa shape index (κ3) is 4.19. The van der Waals surface area contributed by atoms with Crippen molar-refractivity contribution in [1.29, 1.82) is 0 Å². The molecule has 0 spiro atoms. The van der Waals surface area contributed by atoms with Gasteiger partial charge in [-0.2, -0.15) is 0 Å². The first kappa shape index (κ1) is 19.2. The highest BCUT2D eigenvalue weighted by molar-refractivity contribution is 7.64. The molecular weight excluding hydrogens is 379 g/mol. The second-order valence-electron chi connectivity index (χ2n) is 7.07. The van der Waals surface area contributed by atoms with E-state index in [1.165, 1.54) is 5.30 Å². The Morgan fingerprint density at radius 1 is 1.00 bits per heavy atom. The Kier molecular flexibility index (Phi) is 5.38. The van der Waals surface area contributed by atoms with Crippen molar-refractivity contribution in [2.75, 3.05) is 24.1 Å². The summed E-state index contributed by atoms with van der Waals surface area (Å²) in [6, 6.07) is 18.4. The summed E-state index contributed by atoms with van der Waals surface area (Å²) >= 11 is 0. The highest BCUT2D eigenvalue weighted by Gasteiger charge is 2.13. The van der Waals surface area contributed by atoms with Crippen molar-refractivity contribution in [3.05, 3.63) is 72.6 Å². The molecule has 0 fully saturated rings. The molecule has 0 unspecified atom stereocenters. The molecule has 0 bridgehead atoms. The summed E-state index contributed by atoms with van der Waals surface area (Å²) in [5.41, 5.74) is 9.85. The summed E-state index contributed by atoms with van der Waals surface area (Å²) in [4.78, 5) is 13.4. The van der Waals surface area contributed by atoms with E-state index in [4.69, 9.17) is 16.6 Å². The molecule has 2 aromatic carbocycles. The lowest BCUT2D eigenvalue weighted by Gasteiger charge is -2.20. The minimum Gasteiger partial charge on any atom is -0.381 e. The number of hydrogen-bond donors (Lipinski definition) is 2. The van der Waals surface area contributed by atoms with Gasteiger partial charge < -0.3 is 5.73 Å². The molecule has 0 radical (unpaired) electrons. The SMILES string of the molecule is CP(C)c1cccc(-c2cnc(N)c(N(N)Cc3ccc4ncccc4c3)n2)c1. The third-order valence-electron chi connectivity index (χ3n) is 4.73. The second kappa shape index (κ2) is 8.11. The molecule has 2 aromatic heterocycles. The van der Waals surface area contributed by atoms with E-state index in [9.17, 15) is 0 Å². The number of rotatable bonds is 5. The van der Waals surface area contributed by atoms with Gasteiger partial charge in [-0.1, -0.05) is 38.3 Å². The van der Waals surface area contributed by atoms with Gasteiger partial charge in [-0.3, -0.25) is 9.99 Å². The molecule has 0 saturated carbocycles. The van der Waals surface area contributed by atoms with Crippen molar-refractivity contribution in [3.63, 3.8) is 0 Å². The minimum absolute atomic E-state index is 0.190. The summed E-state index contributed by atoms with van der Waals surface area (Å²) in [5.74, 6) is 7.11. The third-order valence-corrected chi connectivity index (χ3v) is 6.04. The number of benzene rings is 2. The maximum atomic E-state index is 6.34. The van der Waals surface area contributed by atoms with E-state index in [-0.39, 0.29) is 7.92 Å². The predicted molar refractivity (Wildman–Crippen MR) is 122 cm³/mol. The number of hydrogen-bond acceptors (Lipinski definition) is 6. The van der Waals surface area contributed by atoms with Crippen LogP contribution in [-0.4, -0.2) is 28.3 Å². The molecule has 0 aliphatic heterocycles. The molecule has 4 aromatic rings. The number of nitrogen functional groups attached to an aromatic ring is 1. The fourth-order valence-corrected chi connectivity index (χ4v) is 3.96. The van der Waals surface area contributed by atoms with Gasteiger partial charge in [-0.25, -0.2) is 15.8 Å². The Hall–Kier alpha value is -3.08. The van der Waals surface area contributed by atoms with Crippen molar-refractivity contribution in [1.82, 2.24) is 15.0 Å². The summed E-state index contributed by atoms with van der Waals surface area (Å²) in [5, 5.41) is 3.92. The van der Waals surface area contributed by atoms with Crippen LogP contribution in [0.1, 0.15) is 5.56 Å². The number of hydrazine groups is 1. The Morgan fingerprint density at radius 2 is 1.86 bits per heavy atom. The highest BCUT2D eigenvalue weighted by atomic mass is 31.1. The maximum Gasteiger partial charge on any atom is 0.186 e. The fraction of sp³-hybridized carbons (Fsp3) is 0.136. The van der Waals surface area contributed by atoms with Crippen LogP contribution in [0, 0.1) is 0 Å². The van der Waals surface area contributed by atoms with E-state index in [1.807, 2.05) is 36.4 Å². The van der Waals surface area contributed by atoms with Crippen LogP contribution in [0.25, 0.3) is 22.2 Å². The summed E-state index contributed by atoms with van der Waals surface area (Å²) in [7, 11) is -0.190. The van der Waals surface area contributed by atoms with E-state index in [0.29, 0.717) is 18.2 Å². The van der Waals surface area contributed by atoms with Crippen LogP contribution in [0.5, 0.6) is 0 Å². The smallest absolute Gasteiger partial charge is 0.186 e. The summed E-state index contributed by atoms with van der Waals surface area (Å²) < 4.78 is 0. The van der Waals surface area contributed by atoms with Gasteiger partial charge in [0.2, 0.25) is 0 Å². The van der Waals surface area contributed by atoms with Gasteiger partial charge in [0.15, 0.2) is 11.6 Å². The molecule has 0 amide bonds. The van der Waals surface area contributed by atoms with Crippen molar-refractivity contribution >= 4 is 35.8 Å². The zero-order chi connectivity index (χ0) is 20.4. The van der Waals surface area contributed by atoms with E-state index in [2.05, 4.69) is 41.5 Å². The quantitative estimate of drug-likeness (QED) is 0.301. The van der Waals surface area contributed by atoms with Crippen LogP contribution in [0.2, 0.25) is 0 Å². The molecule has 29 heavy (non-hydrogen) atoms. The van der Waals surface area contributed by atoms with Gasteiger partial charge in [0.1, 0.15) is 0 Å². The molecular formula is C22H23N6P.